The van der Waals surface area contributed by atoms with Crippen molar-refractivity contribution in [1.29, 1.82) is 0 Å². The number of benzene rings is 1. The van der Waals surface area contributed by atoms with Crippen molar-refractivity contribution in [1.82, 2.24) is 5.32 Å². The van der Waals surface area contributed by atoms with Gasteiger partial charge in [-0.15, -0.1) is 11.3 Å². The molecule has 96 valence electrons. The first kappa shape index (κ1) is 13.3. The van der Waals surface area contributed by atoms with Crippen LogP contribution in [0.15, 0.2) is 41.8 Å². The van der Waals surface area contributed by atoms with Crippen molar-refractivity contribution >= 4 is 11.3 Å². The third-order valence-electron chi connectivity index (χ3n) is 2.66. The fourth-order valence-corrected chi connectivity index (χ4v) is 2.40. The van der Waals surface area contributed by atoms with Gasteiger partial charge >= 0.3 is 0 Å². The van der Waals surface area contributed by atoms with Crippen LogP contribution in [0.2, 0.25) is 0 Å². The number of rotatable bonds is 7. The fourth-order valence-electron chi connectivity index (χ4n) is 1.76. The van der Waals surface area contributed by atoms with Gasteiger partial charge in [-0.2, -0.15) is 0 Å². The molecule has 0 fully saturated rings. The van der Waals surface area contributed by atoms with E-state index in [9.17, 15) is 0 Å². The molecule has 0 aliphatic carbocycles. The maximum Gasteiger partial charge on any atom is 0.0813 e. The molecule has 0 spiro atoms. The Morgan fingerprint density at radius 2 is 2.00 bits per heavy atom. The van der Waals surface area contributed by atoms with Gasteiger partial charge in [0.25, 0.3) is 0 Å². The Hall–Kier alpha value is -1.16. The second-order valence-electron chi connectivity index (χ2n) is 4.17. The van der Waals surface area contributed by atoms with E-state index in [-0.39, 0.29) is 0 Å². The Morgan fingerprint density at radius 1 is 1.11 bits per heavy atom. The highest BCUT2D eigenvalue weighted by molar-refractivity contribution is 7.09. The van der Waals surface area contributed by atoms with E-state index in [4.69, 9.17) is 4.74 Å². The maximum atomic E-state index is 5.71. The van der Waals surface area contributed by atoms with Crippen LogP contribution in [-0.4, -0.2) is 6.54 Å². The first-order valence-electron chi connectivity index (χ1n) is 6.27. The quantitative estimate of drug-likeness (QED) is 0.822. The van der Waals surface area contributed by atoms with E-state index in [1.54, 1.807) is 11.3 Å². The lowest BCUT2D eigenvalue weighted by atomic mass is 10.1. The van der Waals surface area contributed by atoms with Crippen molar-refractivity contribution in [2.75, 3.05) is 6.54 Å². The van der Waals surface area contributed by atoms with E-state index in [1.807, 2.05) is 0 Å². The molecule has 0 unspecified atom stereocenters. The molecule has 2 rings (SSSR count). The molecule has 1 aromatic heterocycles. The SMILES string of the molecule is CCNCc1cccc(COCc2cccs2)c1. The van der Waals surface area contributed by atoms with Gasteiger partial charge in [-0.1, -0.05) is 37.3 Å². The summed E-state index contributed by atoms with van der Waals surface area (Å²) in [6.45, 7) is 5.43. The van der Waals surface area contributed by atoms with Crippen LogP contribution in [-0.2, 0) is 24.5 Å². The average molecular weight is 261 g/mol. The lowest BCUT2D eigenvalue weighted by Gasteiger charge is -2.06. The van der Waals surface area contributed by atoms with Gasteiger partial charge in [-0.3, -0.25) is 0 Å². The minimum absolute atomic E-state index is 0.678. The summed E-state index contributed by atoms with van der Waals surface area (Å²) in [7, 11) is 0. The van der Waals surface area contributed by atoms with Crippen LogP contribution in [0.5, 0.6) is 0 Å². The van der Waals surface area contributed by atoms with Crippen molar-refractivity contribution in [3.8, 4) is 0 Å². The summed E-state index contributed by atoms with van der Waals surface area (Å²) in [6.07, 6.45) is 0. The monoisotopic (exact) mass is 261 g/mol. The fraction of sp³-hybridized carbons (Fsp3) is 0.333. The largest absolute Gasteiger partial charge is 0.371 e. The molecule has 3 heteroatoms. The van der Waals surface area contributed by atoms with Gasteiger partial charge in [-0.25, -0.2) is 0 Å². The van der Waals surface area contributed by atoms with E-state index in [1.165, 1.54) is 16.0 Å². The topological polar surface area (TPSA) is 21.3 Å². The van der Waals surface area contributed by atoms with Crippen LogP contribution in [0.4, 0.5) is 0 Å². The molecular formula is C15H19NOS. The summed E-state index contributed by atoms with van der Waals surface area (Å²) in [6, 6.07) is 12.7. The number of thiophene rings is 1. The van der Waals surface area contributed by atoms with Gasteiger partial charge in [0.15, 0.2) is 0 Å². The van der Waals surface area contributed by atoms with E-state index in [0.717, 1.165) is 13.1 Å². The third kappa shape index (κ3) is 4.26. The molecule has 18 heavy (non-hydrogen) atoms. The van der Waals surface area contributed by atoms with Gasteiger partial charge < -0.3 is 10.1 Å². The van der Waals surface area contributed by atoms with E-state index in [0.29, 0.717) is 13.2 Å². The molecule has 0 saturated carbocycles. The highest BCUT2D eigenvalue weighted by atomic mass is 32.1. The van der Waals surface area contributed by atoms with Crippen molar-refractivity contribution in [2.24, 2.45) is 0 Å². The maximum absolute atomic E-state index is 5.71. The zero-order valence-electron chi connectivity index (χ0n) is 10.7. The van der Waals surface area contributed by atoms with Crippen molar-refractivity contribution < 1.29 is 4.74 Å². The zero-order valence-corrected chi connectivity index (χ0v) is 11.5. The van der Waals surface area contributed by atoms with Crippen LogP contribution in [0, 0.1) is 0 Å². The Balaban J connectivity index is 1.81. The van der Waals surface area contributed by atoms with E-state index < -0.39 is 0 Å². The first-order chi connectivity index (χ1) is 8.88. The van der Waals surface area contributed by atoms with Crippen molar-refractivity contribution in [3.05, 3.63) is 57.8 Å². The van der Waals surface area contributed by atoms with Crippen LogP contribution in [0.1, 0.15) is 22.9 Å². The van der Waals surface area contributed by atoms with Crippen LogP contribution in [0.25, 0.3) is 0 Å². The smallest absolute Gasteiger partial charge is 0.0813 e. The van der Waals surface area contributed by atoms with Gasteiger partial charge in [0.2, 0.25) is 0 Å². The summed E-state index contributed by atoms with van der Waals surface area (Å²) >= 11 is 1.74. The lowest BCUT2D eigenvalue weighted by molar-refractivity contribution is 0.109. The van der Waals surface area contributed by atoms with Gasteiger partial charge in [0.1, 0.15) is 0 Å². The average Bonchev–Trinajstić information content (AvgIpc) is 2.90. The van der Waals surface area contributed by atoms with E-state index >= 15 is 0 Å². The molecule has 0 aliphatic heterocycles. The minimum atomic E-state index is 0.678. The Kier molecular flexibility index (Phi) is 5.39. The second kappa shape index (κ2) is 7.31. The minimum Gasteiger partial charge on any atom is -0.371 e. The van der Waals surface area contributed by atoms with Crippen LogP contribution < -0.4 is 5.32 Å². The molecule has 2 aromatic rings. The molecule has 0 bridgehead atoms. The summed E-state index contributed by atoms with van der Waals surface area (Å²) in [4.78, 5) is 1.28. The van der Waals surface area contributed by atoms with Gasteiger partial charge in [-0.05, 0) is 29.1 Å². The highest BCUT2D eigenvalue weighted by Gasteiger charge is 1.98. The van der Waals surface area contributed by atoms with Crippen LogP contribution >= 0.6 is 11.3 Å². The second-order valence-corrected chi connectivity index (χ2v) is 5.20. The predicted molar refractivity (Wildman–Crippen MR) is 76.6 cm³/mol. The van der Waals surface area contributed by atoms with Gasteiger partial charge in [0.05, 0.1) is 13.2 Å². The molecule has 1 N–H and O–H groups in total. The zero-order chi connectivity index (χ0) is 12.6. The summed E-state index contributed by atoms with van der Waals surface area (Å²) < 4.78 is 5.71. The molecule has 0 aliphatic rings. The van der Waals surface area contributed by atoms with Crippen molar-refractivity contribution in [2.45, 2.75) is 26.7 Å². The number of ether oxygens (including phenoxy) is 1. The molecule has 1 heterocycles. The molecule has 1 aromatic carbocycles. The molecular weight excluding hydrogens is 242 g/mol. The first-order valence-corrected chi connectivity index (χ1v) is 7.15. The Labute approximate surface area is 113 Å². The third-order valence-corrected chi connectivity index (χ3v) is 3.51. The molecule has 0 amide bonds. The number of hydrogen-bond donors (Lipinski definition) is 1. The standard InChI is InChI=1S/C15H19NOS/c1-2-16-10-13-5-3-6-14(9-13)11-17-12-15-7-4-8-18-15/h3-9,16H,2,10-12H2,1H3. The normalized spacial score (nSPS) is 10.7. The number of nitrogens with one attached hydrogen (secondary N) is 1. The summed E-state index contributed by atoms with van der Waals surface area (Å²) in [5.41, 5.74) is 2.55. The summed E-state index contributed by atoms with van der Waals surface area (Å²) in [5, 5.41) is 5.41. The molecule has 0 saturated heterocycles. The summed E-state index contributed by atoms with van der Waals surface area (Å²) in [5.74, 6) is 0. The molecule has 0 atom stereocenters. The number of hydrogen-bond acceptors (Lipinski definition) is 3. The molecule has 2 nitrogen and oxygen atoms in total. The lowest BCUT2D eigenvalue weighted by Crippen LogP contribution is -2.11. The van der Waals surface area contributed by atoms with Gasteiger partial charge in [0, 0.05) is 11.4 Å². The van der Waals surface area contributed by atoms with E-state index in [2.05, 4.69) is 54.0 Å². The Bertz CT molecular complexity index is 453. The molecule has 0 radical (unpaired) electrons. The van der Waals surface area contributed by atoms with Crippen molar-refractivity contribution in [3.63, 3.8) is 0 Å². The Morgan fingerprint density at radius 3 is 2.78 bits per heavy atom. The predicted octanol–water partition coefficient (Wildman–Crippen LogP) is 3.57. The highest BCUT2D eigenvalue weighted by Crippen LogP contribution is 2.12. The van der Waals surface area contributed by atoms with Crippen LogP contribution in [0.3, 0.4) is 0 Å².